The van der Waals surface area contributed by atoms with Gasteiger partial charge < -0.3 is 4.57 Å². The van der Waals surface area contributed by atoms with Crippen molar-refractivity contribution in [3.8, 4) is 0 Å². The molecule has 0 bridgehead atoms. The molecule has 2 aromatic carbocycles. The Balaban J connectivity index is 2.73. The largest absolute Gasteiger partial charge is 0.343 e. The molecule has 0 unspecified atom stereocenters. The number of aromatic nitrogens is 1. The van der Waals surface area contributed by atoms with Crippen molar-refractivity contribution in [1.82, 2.24) is 4.57 Å². The van der Waals surface area contributed by atoms with E-state index in [2.05, 4.69) is 62.7 Å². The molecule has 3 rings (SSSR count). The summed E-state index contributed by atoms with van der Waals surface area (Å²) in [5.41, 5.74) is 6.79. The molecule has 1 nitrogen and oxygen atoms in total. The molecule has 0 saturated heterocycles. The molecule has 0 aliphatic rings. The minimum Gasteiger partial charge on any atom is -0.343 e. The van der Waals surface area contributed by atoms with Gasteiger partial charge >= 0.3 is 0 Å². The first-order valence-corrected chi connectivity index (χ1v) is 6.05. The summed E-state index contributed by atoms with van der Waals surface area (Å²) in [6.07, 6.45) is 0. The molecule has 1 aromatic heterocycles. The van der Waals surface area contributed by atoms with E-state index in [9.17, 15) is 0 Å². The Hall–Kier alpha value is -1.76. The Morgan fingerprint density at radius 1 is 0.765 bits per heavy atom. The topological polar surface area (TPSA) is 4.93 Å². The van der Waals surface area contributed by atoms with Gasteiger partial charge in [0.1, 0.15) is 0 Å². The predicted octanol–water partition coefficient (Wildman–Crippen LogP) is 4.26. The van der Waals surface area contributed by atoms with Crippen molar-refractivity contribution in [1.29, 1.82) is 0 Å². The zero-order chi connectivity index (χ0) is 12.2. The normalized spacial score (nSPS) is 11.5. The fourth-order valence-electron chi connectivity index (χ4n) is 2.99. The number of hydrogen-bond acceptors (Lipinski definition) is 0. The summed E-state index contributed by atoms with van der Waals surface area (Å²) in [5.74, 6) is 0. The van der Waals surface area contributed by atoms with Crippen LogP contribution in [0.5, 0.6) is 0 Å². The first kappa shape index (κ1) is 10.4. The molecule has 0 saturated carbocycles. The van der Waals surface area contributed by atoms with E-state index < -0.39 is 0 Å². The van der Waals surface area contributed by atoms with Crippen molar-refractivity contribution >= 4 is 21.8 Å². The van der Waals surface area contributed by atoms with Crippen LogP contribution < -0.4 is 0 Å². The molecule has 86 valence electrons. The lowest BCUT2D eigenvalue weighted by atomic mass is 10.0. The zero-order valence-electron chi connectivity index (χ0n) is 10.8. The Labute approximate surface area is 102 Å². The Morgan fingerprint density at radius 2 is 1.41 bits per heavy atom. The van der Waals surface area contributed by atoms with Gasteiger partial charge in [-0.25, -0.2) is 0 Å². The molecule has 0 aliphatic carbocycles. The average molecular weight is 223 g/mol. The smallest absolute Gasteiger partial charge is 0.0521 e. The van der Waals surface area contributed by atoms with Crippen LogP contribution in [0.15, 0.2) is 30.3 Å². The SMILES string of the molecule is Cc1ccc(C)c2c1c1cccc(C)c1n2C. The number of nitrogens with zero attached hydrogens (tertiary/aromatic N) is 1. The van der Waals surface area contributed by atoms with Crippen LogP contribution in [-0.4, -0.2) is 4.57 Å². The second kappa shape index (κ2) is 3.36. The van der Waals surface area contributed by atoms with Gasteiger partial charge in [0, 0.05) is 17.8 Å². The fourth-order valence-corrected chi connectivity index (χ4v) is 2.99. The maximum absolute atomic E-state index is 2.34. The van der Waals surface area contributed by atoms with Gasteiger partial charge in [-0.05, 0) is 37.5 Å². The summed E-state index contributed by atoms with van der Waals surface area (Å²) in [6.45, 7) is 6.57. The monoisotopic (exact) mass is 223 g/mol. The summed E-state index contributed by atoms with van der Waals surface area (Å²) in [7, 11) is 2.17. The minimum atomic E-state index is 1.35. The Morgan fingerprint density at radius 3 is 2.18 bits per heavy atom. The van der Waals surface area contributed by atoms with Crippen LogP contribution in [0.2, 0.25) is 0 Å². The second-order valence-electron chi connectivity index (χ2n) is 4.95. The van der Waals surface area contributed by atoms with E-state index in [1.807, 2.05) is 0 Å². The van der Waals surface area contributed by atoms with Crippen LogP contribution >= 0.6 is 0 Å². The van der Waals surface area contributed by atoms with E-state index in [-0.39, 0.29) is 0 Å². The van der Waals surface area contributed by atoms with E-state index in [1.165, 1.54) is 38.5 Å². The van der Waals surface area contributed by atoms with Crippen LogP contribution in [0, 0.1) is 20.8 Å². The van der Waals surface area contributed by atoms with Crippen molar-refractivity contribution in [3.63, 3.8) is 0 Å². The van der Waals surface area contributed by atoms with Crippen LogP contribution in [0.25, 0.3) is 21.8 Å². The number of aryl methyl sites for hydroxylation is 4. The predicted molar refractivity (Wildman–Crippen MR) is 74.6 cm³/mol. The molecule has 17 heavy (non-hydrogen) atoms. The number of hydrogen-bond donors (Lipinski definition) is 0. The zero-order valence-corrected chi connectivity index (χ0v) is 10.8. The van der Waals surface area contributed by atoms with Crippen molar-refractivity contribution < 1.29 is 0 Å². The molecule has 3 aromatic rings. The lowest BCUT2D eigenvalue weighted by Gasteiger charge is -2.04. The number of fused-ring (bicyclic) bond motifs is 3. The molecule has 0 atom stereocenters. The Bertz CT molecular complexity index is 732. The molecule has 1 heterocycles. The van der Waals surface area contributed by atoms with Gasteiger partial charge in [-0.15, -0.1) is 0 Å². The van der Waals surface area contributed by atoms with Crippen molar-refractivity contribution in [2.45, 2.75) is 20.8 Å². The van der Waals surface area contributed by atoms with Gasteiger partial charge in [0.25, 0.3) is 0 Å². The second-order valence-corrected chi connectivity index (χ2v) is 4.95. The molecule has 0 spiro atoms. The van der Waals surface area contributed by atoms with E-state index in [0.29, 0.717) is 0 Å². The van der Waals surface area contributed by atoms with Crippen molar-refractivity contribution in [2.75, 3.05) is 0 Å². The molecular weight excluding hydrogens is 206 g/mol. The van der Waals surface area contributed by atoms with Gasteiger partial charge in [0.2, 0.25) is 0 Å². The van der Waals surface area contributed by atoms with Crippen LogP contribution in [0.4, 0.5) is 0 Å². The molecule has 0 radical (unpaired) electrons. The fraction of sp³-hybridized carbons (Fsp3) is 0.250. The summed E-state index contributed by atoms with van der Waals surface area (Å²) in [4.78, 5) is 0. The van der Waals surface area contributed by atoms with Crippen molar-refractivity contribution in [2.24, 2.45) is 7.05 Å². The first-order chi connectivity index (χ1) is 8.11. The van der Waals surface area contributed by atoms with Gasteiger partial charge in [0.15, 0.2) is 0 Å². The third kappa shape index (κ3) is 1.25. The number of para-hydroxylation sites is 1. The standard InChI is InChI=1S/C16H17N/c1-10-8-9-12(3)16-14(10)13-7-5-6-11(2)15(13)17(16)4/h5-9H,1-4H3. The summed E-state index contributed by atoms with van der Waals surface area (Å²) < 4.78 is 2.34. The molecule has 0 fully saturated rings. The Kier molecular flexibility index (Phi) is 2.06. The van der Waals surface area contributed by atoms with Crippen LogP contribution in [-0.2, 0) is 7.05 Å². The van der Waals surface area contributed by atoms with Crippen molar-refractivity contribution in [3.05, 3.63) is 47.0 Å². The minimum absolute atomic E-state index is 1.35. The molecule has 0 amide bonds. The molecular formula is C16H17N. The van der Waals surface area contributed by atoms with Gasteiger partial charge in [-0.1, -0.05) is 30.3 Å². The maximum Gasteiger partial charge on any atom is 0.0521 e. The number of rotatable bonds is 0. The molecule has 0 aliphatic heterocycles. The highest BCUT2D eigenvalue weighted by molar-refractivity contribution is 6.11. The lowest BCUT2D eigenvalue weighted by molar-refractivity contribution is 1.00. The van der Waals surface area contributed by atoms with E-state index in [0.717, 1.165) is 0 Å². The van der Waals surface area contributed by atoms with Gasteiger partial charge in [-0.3, -0.25) is 0 Å². The highest BCUT2D eigenvalue weighted by Crippen LogP contribution is 2.33. The highest BCUT2D eigenvalue weighted by atomic mass is 14.9. The lowest BCUT2D eigenvalue weighted by Crippen LogP contribution is -1.91. The van der Waals surface area contributed by atoms with Crippen LogP contribution in [0.3, 0.4) is 0 Å². The third-order valence-corrected chi connectivity index (χ3v) is 3.77. The van der Waals surface area contributed by atoms with E-state index in [4.69, 9.17) is 0 Å². The average Bonchev–Trinajstić information content (AvgIpc) is 2.60. The molecule has 1 heteroatoms. The summed E-state index contributed by atoms with van der Waals surface area (Å²) in [5, 5.41) is 2.79. The summed E-state index contributed by atoms with van der Waals surface area (Å²) >= 11 is 0. The summed E-state index contributed by atoms with van der Waals surface area (Å²) in [6, 6.07) is 11.0. The first-order valence-electron chi connectivity index (χ1n) is 6.05. The highest BCUT2D eigenvalue weighted by Gasteiger charge is 2.12. The van der Waals surface area contributed by atoms with E-state index >= 15 is 0 Å². The van der Waals surface area contributed by atoms with Gasteiger partial charge in [-0.2, -0.15) is 0 Å². The van der Waals surface area contributed by atoms with Gasteiger partial charge in [0.05, 0.1) is 11.0 Å². The van der Waals surface area contributed by atoms with Crippen LogP contribution in [0.1, 0.15) is 16.7 Å². The quantitative estimate of drug-likeness (QED) is 0.536. The molecule has 0 N–H and O–H groups in total. The third-order valence-electron chi connectivity index (χ3n) is 3.77. The number of benzene rings is 2. The maximum atomic E-state index is 2.34. The van der Waals surface area contributed by atoms with E-state index in [1.54, 1.807) is 0 Å².